The molecule has 0 amide bonds. The minimum absolute atomic E-state index is 0.597. The molecular weight excluding hydrogens is 332 g/mol. The van der Waals surface area contributed by atoms with Crippen LogP contribution >= 0.6 is 0 Å². The van der Waals surface area contributed by atoms with Gasteiger partial charge in [0.05, 0.1) is 18.0 Å². The zero-order chi connectivity index (χ0) is 19.6. The van der Waals surface area contributed by atoms with Crippen molar-refractivity contribution in [2.24, 2.45) is 0 Å². The third kappa shape index (κ3) is 13.4. The highest BCUT2D eigenvalue weighted by molar-refractivity contribution is 5.65. The first-order valence-electron chi connectivity index (χ1n) is 11.5. The van der Waals surface area contributed by atoms with Gasteiger partial charge >= 0.3 is 0 Å². The van der Waals surface area contributed by atoms with Gasteiger partial charge in [-0.15, -0.1) is 0 Å². The Bertz CT molecular complexity index is 462. The van der Waals surface area contributed by atoms with E-state index in [-0.39, 0.29) is 0 Å². The van der Waals surface area contributed by atoms with Gasteiger partial charge in [0.15, 0.2) is 0 Å². The van der Waals surface area contributed by atoms with Crippen molar-refractivity contribution >= 4 is 11.4 Å². The maximum absolute atomic E-state index is 5.78. The van der Waals surface area contributed by atoms with E-state index in [9.17, 15) is 0 Å². The first-order valence-corrected chi connectivity index (χ1v) is 11.5. The second-order valence-corrected chi connectivity index (χ2v) is 7.94. The van der Waals surface area contributed by atoms with Gasteiger partial charge < -0.3 is 16.2 Å². The molecule has 1 rings (SSSR count). The number of hydrogen-bond acceptors (Lipinski definition) is 3. The van der Waals surface area contributed by atoms with E-state index in [1.165, 1.54) is 96.3 Å². The first-order chi connectivity index (χ1) is 13.2. The molecule has 3 nitrogen and oxygen atoms in total. The Balaban J connectivity index is 1.77. The molecule has 0 fully saturated rings. The normalized spacial score (nSPS) is 11.0. The average Bonchev–Trinajstić information content (AvgIpc) is 2.67. The fourth-order valence-electron chi connectivity index (χ4n) is 3.48. The lowest BCUT2D eigenvalue weighted by Gasteiger charge is -2.08. The van der Waals surface area contributed by atoms with Crippen molar-refractivity contribution in [3.05, 3.63) is 18.2 Å². The van der Waals surface area contributed by atoms with Crippen LogP contribution < -0.4 is 16.2 Å². The molecule has 4 N–H and O–H groups in total. The second-order valence-electron chi connectivity index (χ2n) is 7.94. The van der Waals surface area contributed by atoms with Gasteiger partial charge in [-0.1, -0.05) is 103 Å². The highest BCUT2D eigenvalue weighted by Crippen LogP contribution is 2.21. The third-order valence-corrected chi connectivity index (χ3v) is 5.32. The Morgan fingerprint density at radius 1 is 0.593 bits per heavy atom. The second kappa shape index (κ2) is 16.8. The Kier molecular flexibility index (Phi) is 14.7. The summed E-state index contributed by atoms with van der Waals surface area (Å²) < 4.78 is 5.73. The standard InChI is InChI=1S/C24H44N2O/c1-2-3-4-5-6-7-8-9-10-11-12-13-14-15-16-17-20-27-22-18-19-23(25)24(26)21-22/h18-19,21H,2-17,20,25-26H2,1H3. The van der Waals surface area contributed by atoms with Crippen LogP contribution in [0.5, 0.6) is 5.75 Å². The van der Waals surface area contributed by atoms with Crippen LogP contribution in [0.25, 0.3) is 0 Å². The smallest absolute Gasteiger partial charge is 0.121 e. The number of rotatable bonds is 18. The lowest BCUT2D eigenvalue weighted by molar-refractivity contribution is 0.304. The molecule has 0 saturated carbocycles. The quantitative estimate of drug-likeness (QED) is 0.206. The number of benzene rings is 1. The van der Waals surface area contributed by atoms with E-state index in [0.717, 1.165) is 18.8 Å². The van der Waals surface area contributed by atoms with Crippen molar-refractivity contribution in [3.8, 4) is 5.75 Å². The number of nitrogens with two attached hydrogens (primary N) is 2. The Morgan fingerprint density at radius 2 is 1.04 bits per heavy atom. The van der Waals surface area contributed by atoms with Crippen LogP contribution in [0.1, 0.15) is 110 Å². The van der Waals surface area contributed by atoms with Gasteiger partial charge in [0.25, 0.3) is 0 Å². The summed E-state index contributed by atoms with van der Waals surface area (Å²) in [4.78, 5) is 0. The van der Waals surface area contributed by atoms with Crippen LogP contribution in [-0.2, 0) is 0 Å². The molecule has 0 aliphatic heterocycles. The minimum atomic E-state index is 0.597. The predicted molar refractivity (Wildman–Crippen MR) is 120 cm³/mol. The highest BCUT2D eigenvalue weighted by atomic mass is 16.5. The molecule has 0 spiro atoms. The molecule has 0 atom stereocenters. The molecule has 0 aromatic heterocycles. The Hall–Kier alpha value is -1.38. The van der Waals surface area contributed by atoms with Crippen molar-refractivity contribution in [1.29, 1.82) is 0 Å². The van der Waals surface area contributed by atoms with Crippen molar-refractivity contribution < 1.29 is 4.74 Å². The fourth-order valence-corrected chi connectivity index (χ4v) is 3.48. The van der Waals surface area contributed by atoms with E-state index in [2.05, 4.69) is 6.92 Å². The number of nitrogen functional groups attached to an aromatic ring is 2. The van der Waals surface area contributed by atoms with Crippen molar-refractivity contribution in [2.75, 3.05) is 18.1 Å². The number of unbranched alkanes of at least 4 members (excludes halogenated alkanes) is 15. The fraction of sp³-hybridized carbons (Fsp3) is 0.750. The lowest BCUT2D eigenvalue weighted by Crippen LogP contribution is -1.99. The highest BCUT2D eigenvalue weighted by Gasteiger charge is 1.99. The molecule has 0 radical (unpaired) electrons. The number of hydrogen-bond donors (Lipinski definition) is 2. The van der Waals surface area contributed by atoms with Crippen LogP contribution in [0.2, 0.25) is 0 Å². The predicted octanol–water partition coefficient (Wildman–Crippen LogP) is 7.49. The Morgan fingerprint density at radius 3 is 1.48 bits per heavy atom. The summed E-state index contributed by atoms with van der Waals surface area (Å²) in [6.07, 6.45) is 22.2. The van der Waals surface area contributed by atoms with Crippen LogP contribution in [0.4, 0.5) is 11.4 Å². The van der Waals surface area contributed by atoms with Crippen LogP contribution in [0, 0.1) is 0 Å². The van der Waals surface area contributed by atoms with E-state index < -0.39 is 0 Å². The summed E-state index contributed by atoms with van der Waals surface area (Å²) in [7, 11) is 0. The van der Waals surface area contributed by atoms with Crippen LogP contribution in [-0.4, -0.2) is 6.61 Å². The molecule has 0 saturated heterocycles. The molecule has 0 bridgehead atoms. The number of ether oxygens (including phenoxy) is 1. The zero-order valence-corrected chi connectivity index (χ0v) is 17.8. The van der Waals surface area contributed by atoms with Crippen molar-refractivity contribution in [1.82, 2.24) is 0 Å². The van der Waals surface area contributed by atoms with E-state index in [1.807, 2.05) is 12.1 Å². The average molecular weight is 377 g/mol. The zero-order valence-electron chi connectivity index (χ0n) is 17.8. The topological polar surface area (TPSA) is 61.3 Å². The van der Waals surface area contributed by atoms with Gasteiger partial charge in [-0.2, -0.15) is 0 Å². The van der Waals surface area contributed by atoms with Gasteiger partial charge in [0.2, 0.25) is 0 Å². The van der Waals surface area contributed by atoms with Crippen molar-refractivity contribution in [2.45, 2.75) is 110 Å². The van der Waals surface area contributed by atoms with E-state index in [1.54, 1.807) is 6.07 Å². The molecule has 0 aliphatic carbocycles. The third-order valence-electron chi connectivity index (χ3n) is 5.32. The van der Waals surface area contributed by atoms with Gasteiger partial charge in [-0.3, -0.25) is 0 Å². The SMILES string of the molecule is CCCCCCCCCCCCCCCCCCOc1ccc(N)c(N)c1. The number of anilines is 2. The van der Waals surface area contributed by atoms with E-state index >= 15 is 0 Å². The van der Waals surface area contributed by atoms with E-state index in [4.69, 9.17) is 16.2 Å². The molecular formula is C24H44N2O. The summed E-state index contributed by atoms with van der Waals surface area (Å²) in [5.74, 6) is 0.822. The molecule has 3 heteroatoms. The monoisotopic (exact) mass is 376 g/mol. The molecule has 0 heterocycles. The van der Waals surface area contributed by atoms with Gasteiger partial charge in [-0.05, 0) is 18.6 Å². The summed E-state index contributed by atoms with van der Waals surface area (Å²) >= 11 is 0. The van der Waals surface area contributed by atoms with Crippen molar-refractivity contribution in [3.63, 3.8) is 0 Å². The van der Waals surface area contributed by atoms with Crippen LogP contribution in [0.15, 0.2) is 18.2 Å². The largest absolute Gasteiger partial charge is 0.494 e. The summed E-state index contributed by atoms with van der Waals surface area (Å²) in [5, 5.41) is 0. The molecule has 1 aromatic rings. The first kappa shape index (κ1) is 23.7. The van der Waals surface area contributed by atoms with Crippen LogP contribution in [0.3, 0.4) is 0 Å². The minimum Gasteiger partial charge on any atom is -0.494 e. The summed E-state index contributed by atoms with van der Waals surface area (Å²) in [6.45, 7) is 3.05. The van der Waals surface area contributed by atoms with Gasteiger partial charge in [0, 0.05) is 6.07 Å². The Labute approximate surface area is 168 Å². The molecule has 156 valence electrons. The molecule has 0 aliphatic rings. The molecule has 0 unspecified atom stereocenters. The molecule has 1 aromatic carbocycles. The maximum atomic E-state index is 5.78. The van der Waals surface area contributed by atoms with Gasteiger partial charge in [0.1, 0.15) is 5.75 Å². The van der Waals surface area contributed by atoms with E-state index in [0.29, 0.717) is 11.4 Å². The maximum Gasteiger partial charge on any atom is 0.121 e. The molecule has 27 heavy (non-hydrogen) atoms. The van der Waals surface area contributed by atoms with Gasteiger partial charge in [-0.25, -0.2) is 0 Å². The summed E-state index contributed by atoms with van der Waals surface area (Å²) in [6, 6.07) is 5.50. The lowest BCUT2D eigenvalue weighted by atomic mass is 10.0. The summed E-state index contributed by atoms with van der Waals surface area (Å²) in [5.41, 5.74) is 12.7.